The van der Waals surface area contributed by atoms with Gasteiger partial charge in [-0.15, -0.1) is 0 Å². The van der Waals surface area contributed by atoms with Crippen molar-refractivity contribution in [3.8, 4) is 0 Å². The van der Waals surface area contributed by atoms with Crippen LogP contribution in [-0.2, 0) is 10.2 Å². The molecule has 1 rings (SSSR count). The van der Waals surface area contributed by atoms with E-state index in [0.717, 1.165) is 39.0 Å². The summed E-state index contributed by atoms with van der Waals surface area (Å²) in [6, 6.07) is 10.8. The molecule has 0 amide bonds. The molecule has 0 fully saturated rings. The Labute approximate surface area is 118 Å². The van der Waals surface area contributed by atoms with Gasteiger partial charge in [-0.05, 0) is 31.9 Å². The first-order chi connectivity index (χ1) is 9.29. The van der Waals surface area contributed by atoms with Crippen LogP contribution >= 0.6 is 0 Å². The molecule has 2 nitrogen and oxygen atoms in total. The van der Waals surface area contributed by atoms with Gasteiger partial charge in [0.05, 0.1) is 0 Å². The highest BCUT2D eigenvalue weighted by Crippen LogP contribution is 2.31. The number of ether oxygens (including phenoxy) is 1. The number of hydrogen-bond acceptors (Lipinski definition) is 2. The van der Waals surface area contributed by atoms with Gasteiger partial charge in [-0.25, -0.2) is 0 Å². The van der Waals surface area contributed by atoms with Gasteiger partial charge in [-0.3, -0.25) is 0 Å². The smallest absolute Gasteiger partial charge is 0.0475 e. The van der Waals surface area contributed by atoms with E-state index in [-0.39, 0.29) is 5.41 Å². The fourth-order valence-corrected chi connectivity index (χ4v) is 2.59. The van der Waals surface area contributed by atoms with Gasteiger partial charge in [0.1, 0.15) is 0 Å². The molecule has 108 valence electrons. The molecule has 1 unspecified atom stereocenters. The molecular formula is C17H29NO. The first-order valence-electron chi connectivity index (χ1n) is 7.57. The molecule has 0 spiro atoms. The van der Waals surface area contributed by atoms with Crippen molar-refractivity contribution in [3.63, 3.8) is 0 Å². The van der Waals surface area contributed by atoms with Gasteiger partial charge in [0.15, 0.2) is 0 Å². The van der Waals surface area contributed by atoms with Crippen LogP contribution < -0.4 is 5.32 Å². The molecule has 0 aromatic heterocycles. The quantitative estimate of drug-likeness (QED) is 0.649. The molecule has 0 heterocycles. The number of benzene rings is 1. The summed E-state index contributed by atoms with van der Waals surface area (Å²) in [7, 11) is 2.03. The summed E-state index contributed by atoms with van der Waals surface area (Å²) < 4.78 is 5.77. The van der Waals surface area contributed by atoms with E-state index in [9.17, 15) is 0 Å². The first kappa shape index (κ1) is 16.2. The van der Waals surface area contributed by atoms with Crippen molar-refractivity contribution in [1.29, 1.82) is 0 Å². The van der Waals surface area contributed by atoms with Crippen LogP contribution in [-0.4, -0.2) is 26.8 Å². The zero-order chi connectivity index (χ0) is 14.0. The zero-order valence-electron chi connectivity index (χ0n) is 12.7. The minimum absolute atomic E-state index is 0.197. The highest BCUT2D eigenvalue weighted by molar-refractivity contribution is 5.25. The summed E-state index contributed by atoms with van der Waals surface area (Å²) in [6.45, 7) is 7.22. The summed E-state index contributed by atoms with van der Waals surface area (Å²) in [5, 5.41) is 3.35. The van der Waals surface area contributed by atoms with E-state index < -0.39 is 0 Å². The topological polar surface area (TPSA) is 21.3 Å². The van der Waals surface area contributed by atoms with Crippen molar-refractivity contribution < 1.29 is 4.74 Å². The maximum Gasteiger partial charge on any atom is 0.0475 e. The van der Waals surface area contributed by atoms with Gasteiger partial charge in [0.2, 0.25) is 0 Å². The Morgan fingerprint density at radius 3 is 2.42 bits per heavy atom. The van der Waals surface area contributed by atoms with Crippen molar-refractivity contribution in [3.05, 3.63) is 35.9 Å². The molecule has 0 saturated heterocycles. The van der Waals surface area contributed by atoms with Crippen LogP contribution in [0, 0.1) is 0 Å². The monoisotopic (exact) mass is 263 g/mol. The highest BCUT2D eigenvalue weighted by atomic mass is 16.5. The zero-order valence-corrected chi connectivity index (χ0v) is 12.7. The van der Waals surface area contributed by atoms with Crippen molar-refractivity contribution in [2.24, 2.45) is 0 Å². The van der Waals surface area contributed by atoms with Crippen LogP contribution in [0.4, 0.5) is 0 Å². The molecule has 0 saturated carbocycles. The Bertz CT molecular complexity index is 325. The van der Waals surface area contributed by atoms with Crippen LogP contribution in [0.1, 0.15) is 45.1 Å². The fraction of sp³-hybridized carbons (Fsp3) is 0.647. The first-order valence-corrected chi connectivity index (χ1v) is 7.57. The van der Waals surface area contributed by atoms with Gasteiger partial charge < -0.3 is 10.1 Å². The number of nitrogens with one attached hydrogen (secondary N) is 1. The molecule has 1 N–H and O–H groups in total. The lowest BCUT2D eigenvalue weighted by molar-refractivity contribution is 0.109. The van der Waals surface area contributed by atoms with E-state index in [4.69, 9.17) is 4.74 Å². The van der Waals surface area contributed by atoms with E-state index in [2.05, 4.69) is 49.5 Å². The maximum absolute atomic E-state index is 5.77. The Morgan fingerprint density at radius 2 is 1.84 bits per heavy atom. The Hall–Kier alpha value is -0.860. The Balaban J connectivity index is 2.65. The van der Waals surface area contributed by atoms with Crippen molar-refractivity contribution in [1.82, 2.24) is 5.32 Å². The standard InChI is InChI=1S/C17H29NO/c1-4-6-13-19-14-12-17(5-2,15-18-3)16-10-8-7-9-11-16/h7-11,18H,4-6,12-15H2,1-3H3. The Kier molecular flexibility index (Phi) is 7.76. The van der Waals surface area contributed by atoms with Crippen LogP contribution in [0.2, 0.25) is 0 Å². The van der Waals surface area contributed by atoms with Gasteiger partial charge in [0, 0.05) is 25.2 Å². The summed E-state index contributed by atoms with van der Waals surface area (Å²) in [4.78, 5) is 0. The molecule has 1 aromatic rings. The minimum Gasteiger partial charge on any atom is -0.381 e. The van der Waals surface area contributed by atoms with Crippen molar-refractivity contribution in [2.45, 2.75) is 44.9 Å². The molecule has 0 bridgehead atoms. The minimum atomic E-state index is 0.197. The number of unbranched alkanes of at least 4 members (excludes halogenated alkanes) is 1. The van der Waals surface area contributed by atoms with Gasteiger partial charge in [-0.1, -0.05) is 50.6 Å². The third kappa shape index (κ3) is 4.96. The summed E-state index contributed by atoms with van der Waals surface area (Å²) >= 11 is 0. The third-order valence-corrected chi connectivity index (χ3v) is 3.95. The van der Waals surface area contributed by atoms with Gasteiger partial charge >= 0.3 is 0 Å². The van der Waals surface area contributed by atoms with E-state index in [1.54, 1.807) is 0 Å². The lowest BCUT2D eigenvalue weighted by atomic mass is 9.75. The average molecular weight is 263 g/mol. The summed E-state index contributed by atoms with van der Waals surface area (Å²) in [6.07, 6.45) is 4.58. The number of hydrogen-bond donors (Lipinski definition) is 1. The van der Waals surface area contributed by atoms with Crippen LogP contribution in [0.25, 0.3) is 0 Å². The van der Waals surface area contributed by atoms with Gasteiger partial charge in [-0.2, -0.15) is 0 Å². The van der Waals surface area contributed by atoms with Crippen molar-refractivity contribution in [2.75, 3.05) is 26.8 Å². The number of rotatable bonds is 10. The molecule has 0 aliphatic carbocycles. The second-order valence-electron chi connectivity index (χ2n) is 5.25. The summed E-state index contributed by atoms with van der Waals surface area (Å²) in [5.74, 6) is 0. The van der Waals surface area contributed by atoms with Crippen LogP contribution in [0.15, 0.2) is 30.3 Å². The highest BCUT2D eigenvalue weighted by Gasteiger charge is 2.29. The predicted octanol–water partition coefficient (Wildman–Crippen LogP) is 3.76. The largest absolute Gasteiger partial charge is 0.381 e. The average Bonchev–Trinajstić information content (AvgIpc) is 2.47. The number of likely N-dealkylation sites (N-methyl/N-ethyl adjacent to an activating group) is 1. The Morgan fingerprint density at radius 1 is 1.11 bits per heavy atom. The molecule has 0 aliphatic rings. The maximum atomic E-state index is 5.77. The lowest BCUT2D eigenvalue weighted by Gasteiger charge is -2.33. The van der Waals surface area contributed by atoms with E-state index in [0.29, 0.717) is 0 Å². The predicted molar refractivity (Wildman–Crippen MR) is 82.7 cm³/mol. The second kappa shape index (κ2) is 9.11. The molecular weight excluding hydrogens is 234 g/mol. The molecule has 1 atom stereocenters. The summed E-state index contributed by atoms with van der Waals surface area (Å²) in [5.41, 5.74) is 1.62. The van der Waals surface area contributed by atoms with Crippen molar-refractivity contribution >= 4 is 0 Å². The molecule has 0 radical (unpaired) electrons. The normalized spacial score (nSPS) is 14.3. The third-order valence-electron chi connectivity index (χ3n) is 3.95. The molecule has 0 aliphatic heterocycles. The lowest BCUT2D eigenvalue weighted by Crippen LogP contribution is -2.37. The van der Waals surface area contributed by atoms with E-state index in [1.165, 1.54) is 12.0 Å². The fourth-order valence-electron chi connectivity index (χ4n) is 2.59. The van der Waals surface area contributed by atoms with E-state index >= 15 is 0 Å². The molecule has 1 aromatic carbocycles. The SMILES string of the molecule is CCCCOCCC(CC)(CNC)c1ccccc1. The molecule has 2 heteroatoms. The molecule has 19 heavy (non-hydrogen) atoms. The van der Waals surface area contributed by atoms with E-state index in [1.807, 2.05) is 7.05 Å². The second-order valence-corrected chi connectivity index (χ2v) is 5.25. The van der Waals surface area contributed by atoms with Gasteiger partial charge in [0.25, 0.3) is 0 Å². The van der Waals surface area contributed by atoms with Crippen LogP contribution in [0.5, 0.6) is 0 Å². The van der Waals surface area contributed by atoms with Crippen LogP contribution in [0.3, 0.4) is 0 Å².